The number of aliphatic hydroxyl groups is 1. The Kier molecular flexibility index (Phi) is 4.73. The van der Waals surface area contributed by atoms with Crippen LogP contribution in [0.4, 0.5) is 0 Å². The van der Waals surface area contributed by atoms with Crippen molar-refractivity contribution in [1.29, 1.82) is 0 Å². The van der Waals surface area contributed by atoms with Gasteiger partial charge < -0.3 is 19.3 Å². The van der Waals surface area contributed by atoms with Crippen molar-refractivity contribution in [3.8, 4) is 5.75 Å². The number of allylic oxidation sites excluding steroid dienone is 5. The second-order valence-corrected chi connectivity index (χ2v) is 9.42. The Labute approximate surface area is 199 Å². The number of halogens is 1. The first-order valence-electron chi connectivity index (χ1n) is 11.0. The summed E-state index contributed by atoms with van der Waals surface area (Å²) < 4.78 is 20.0. The van der Waals surface area contributed by atoms with Crippen LogP contribution in [-0.2, 0) is 21.9 Å². The number of hydrogen-bond acceptors (Lipinski definition) is 5. The van der Waals surface area contributed by atoms with Gasteiger partial charge in [0, 0.05) is 12.8 Å². The summed E-state index contributed by atoms with van der Waals surface area (Å²) in [5, 5.41) is 10.4. The summed E-state index contributed by atoms with van der Waals surface area (Å²) in [5.74, 6) is 0.631. The molecule has 1 aliphatic heterocycles. The molecule has 1 saturated heterocycles. The molecule has 3 aliphatic carbocycles. The zero-order valence-corrected chi connectivity index (χ0v) is 19.2. The van der Waals surface area contributed by atoms with Crippen molar-refractivity contribution < 1.29 is 24.1 Å². The van der Waals surface area contributed by atoms with Gasteiger partial charge in [-0.1, -0.05) is 48.5 Å². The van der Waals surface area contributed by atoms with Crippen molar-refractivity contribution in [1.82, 2.24) is 0 Å². The van der Waals surface area contributed by atoms with Crippen LogP contribution in [-0.4, -0.2) is 10.9 Å². The van der Waals surface area contributed by atoms with Gasteiger partial charge in [-0.15, -0.1) is 0 Å². The minimum absolute atomic E-state index is 0.0123. The topological polar surface area (TPSA) is 65.0 Å². The molecule has 4 aliphatic rings. The number of benzene rings is 2. The lowest BCUT2D eigenvalue weighted by molar-refractivity contribution is -0.243. The van der Waals surface area contributed by atoms with Gasteiger partial charge in [0.2, 0.25) is 0 Å². The van der Waals surface area contributed by atoms with Gasteiger partial charge in [0.15, 0.2) is 5.78 Å². The van der Waals surface area contributed by atoms with Crippen molar-refractivity contribution in [2.75, 3.05) is 0 Å². The molecule has 0 radical (unpaired) electrons. The molecule has 166 valence electrons. The van der Waals surface area contributed by atoms with Crippen LogP contribution < -0.4 is 4.74 Å². The van der Waals surface area contributed by atoms with Gasteiger partial charge in [-0.2, -0.15) is 0 Å². The number of carbonyl (C=O) groups is 1. The standard InChI is InChI=1S/C27H21BrO5/c28-19-10-9-17-20(29)11-12-23-24(17)26(19)33-27(32-23)14-13-21(30)25-18(27)7-4-8-22(25)31-15-16-5-2-1-3-6-16/h1-12,17,24,29H,13-15H2/t17?,24?,27-/m0/s1. The van der Waals surface area contributed by atoms with E-state index >= 15 is 0 Å². The Balaban J connectivity index is 1.42. The van der Waals surface area contributed by atoms with Crippen LogP contribution in [0.15, 0.2) is 94.6 Å². The maximum Gasteiger partial charge on any atom is 0.278 e. The third-order valence-electron chi connectivity index (χ3n) is 6.58. The average Bonchev–Trinajstić information content (AvgIpc) is 2.84. The molecule has 0 bridgehead atoms. The molecule has 1 spiro atoms. The van der Waals surface area contributed by atoms with Crippen molar-refractivity contribution in [3.63, 3.8) is 0 Å². The zero-order valence-electron chi connectivity index (χ0n) is 17.7. The Bertz CT molecular complexity index is 1270. The van der Waals surface area contributed by atoms with Crippen LogP contribution in [0.25, 0.3) is 0 Å². The number of ether oxygens (including phenoxy) is 3. The number of Topliss-reactive ketones (excluding diaryl/α,β-unsaturated/α-hetero) is 1. The van der Waals surface area contributed by atoms with Crippen LogP contribution in [0.5, 0.6) is 5.75 Å². The normalized spacial score (nSPS) is 27.1. The van der Waals surface area contributed by atoms with E-state index in [0.717, 1.165) is 15.8 Å². The predicted octanol–water partition coefficient (Wildman–Crippen LogP) is 6.19. The number of rotatable bonds is 3. The smallest absolute Gasteiger partial charge is 0.278 e. The summed E-state index contributed by atoms with van der Waals surface area (Å²) in [7, 11) is 0. The molecule has 0 amide bonds. The van der Waals surface area contributed by atoms with Crippen molar-refractivity contribution in [3.05, 3.63) is 111 Å². The molecule has 2 unspecified atom stereocenters. The highest BCUT2D eigenvalue weighted by atomic mass is 79.9. The average molecular weight is 505 g/mol. The lowest BCUT2D eigenvalue weighted by Crippen LogP contribution is -2.46. The highest BCUT2D eigenvalue weighted by molar-refractivity contribution is 9.11. The summed E-state index contributed by atoms with van der Waals surface area (Å²) >= 11 is 3.62. The van der Waals surface area contributed by atoms with Gasteiger partial charge >= 0.3 is 0 Å². The van der Waals surface area contributed by atoms with E-state index < -0.39 is 5.79 Å². The molecule has 1 heterocycles. The van der Waals surface area contributed by atoms with Gasteiger partial charge in [-0.25, -0.2) is 0 Å². The quantitative estimate of drug-likeness (QED) is 0.539. The van der Waals surface area contributed by atoms with Gasteiger partial charge in [0.05, 0.1) is 27.4 Å². The van der Waals surface area contributed by atoms with E-state index in [-0.39, 0.29) is 29.8 Å². The molecule has 2 aromatic rings. The zero-order chi connectivity index (χ0) is 22.6. The molecular formula is C27H21BrO5. The Morgan fingerprint density at radius 3 is 2.79 bits per heavy atom. The fourth-order valence-electron chi connectivity index (χ4n) is 4.99. The molecule has 0 saturated carbocycles. The molecule has 1 N–H and O–H groups in total. The fraction of sp³-hybridized carbons (Fsp3) is 0.222. The van der Waals surface area contributed by atoms with Crippen molar-refractivity contribution >= 4 is 21.7 Å². The summed E-state index contributed by atoms with van der Waals surface area (Å²) in [6.45, 7) is 0.361. The molecule has 33 heavy (non-hydrogen) atoms. The highest BCUT2D eigenvalue weighted by Crippen LogP contribution is 2.55. The third-order valence-corrected chi connectivity index (χ3v) is 7.24. The second-order valence-electron chi connectivity index (χ2n) is 8.57. The first-order valence-corrected chi connectivity index (χ1v) is 11.7. The maximum absolute atomic E-state index is 13.1. The van der Waals surface area contributed by atoms with Crippen LogP contribution in [0.1, 0.15) is 34.3 Å². The largest absolute Gasteiger partial charge is 0.512 e. The van der Waals surface area contributed by atoms with E-state index in [4.69, 9.17) is 14.2 Å². The van der Waals surface area contributed by atoms with Crippen molar-refractivity contribution in [2.45, 2.75) is 25.2 Å². The third kappa shape index (κ3) is 3.23. The van der Waals surface area contributed by atoms with E-state index in [0.29, 0.717) is 35.7 Å². The molecule has 5 nitrogen and oxygen atoms in total. The number of carbonyl (C=O) groups excluding carboxylic acids is 1. The minimum Gasteiger partial charge on any atom is -0.512 e. The first-order chi connectivity index (χ1) is 16.1. The maximum atomic E-state index is 13.1. The van der Waals surface area contributed by atoms with Gasteiger partial charge in [0.1, 0.15) is 29.6 Å². The first kappa shape index (κ1) is 20.4. The summed E-state index contributed by atoms with van der Waals surface area (Å²) in [5.41, 5.74) is 2.20. The predicted molar refractivity (Wildman–Crippen MR) is 125 cm³/mol. The van der Waals surface area contributed by atoms with E-state index in [1.165, 1.54) is 0 Å². The lowest BCUT2D eigenvalue weighted by atomic mass is 9.78. The van der Waals surface area contributed by atoms with Crippen LogP contribution >= 0.6 is 15.9 Å². The highest BCUT2D eigenvalue weighted by Gasteiger charge is 2.53. The van der Waals surface area contributed by atoms with E-state index in [9.17, 15) is 9.90 Å². The van der Waals surface area contributed by atoms with Crippen LogP contribution in [0.2, 0.25) is 0 Å². The molecule has 3 atom stereocenters. The van der Waals surface area contributed by atoms with Gasteiger partial charge in [-0.3, -0.25) is 4.79 Å². The second kappa shape index (κ2) is 7.66. The van der Waals surface area contributed by atoms with Crippen molar-refractivity contribution in [2.24, 2.45) is 11.8 Å². The summed E-state index contributed by atoms with van der Waals surface area (Å²) in [4.78, 5) is 13.1. The van der Waals surface area contributed by atoms with Crippen LogP contribution in [0, 0.1) is 11.8 Å². The number of fused-ring (bicyclic) bond motifs is 2. The summed E-state index contributed by atoms with van der Waals surface area (Å²) in [6.07, 6.45) is 7.98. The van der Waals surface area contributed by atoms with Gasteiger partial charge in [-0.05, 0) is 45.8 Å². The molecule has 0 aromatic heterocycles. The SMILES string of the molecule is O=C1CC[C@@]2(OC3=CC=C(O)C4C=CC(Br)=C(O2)C34)c2cccc(OCc3ccccc3)c21. The van der Waals surface area contributed by atoms with E-state index in [1.807, 2.05) is 60.7 Å². The van der Waals surface area contributed by atoms with Crippen LogP contribution in [0.3, 0.4) is 0 Å². The number of aliphatic hydroxyl groups excluding tert-OH is 1. The van der Waals surface area contributed by atoms with E-state index in [1.54, 1.807) is 12.2 Å². The number of hydrogen-bond donors (Lipinski definition) is 1. The Hall–Kier alpha value is -3.25. The summed E-state index contributed by atoms with van der Waals surface area (Å²) in [6, 6.07) is 15.4. The lowest BCUT2D eigenvalue weighted by Gasteiger charge is -2.48. The molecule has 1 fully saturated rings. The number of ketones is 1. The molecule has 6 heteroatoms. The molecule has 2 aromatic carbocycles. The minimum atomic E-state index is -1.14. The monoisotopic (exact) mass is 504 g/mol. The van der Waals surface area contributed by atoms with Gasteiger partial charge in [0.25, 0.3) is 5.79 Å². The molecule has 6 rings (SSSR count). The molecular weight excluding hydrogens is 484 g/mol. The fourth-order valence-corrected chi connectivity index (χ4v) is 5.47. The Morgan fingerprint density at radius 1 is 1.09 bits per heavy atom. The Morgan fingerprint density at radius 2 is 1.94 bits per heavy atom. The van der Waals surface area contributed by atoms with E-state index in [2.05, 4.69) is 15.9 Å².